The smallest absolute Gasteiger partial charge is 0.0533 e. The van der Waals surface area contributed by atoms with E-state index in [9.17, 15) is 0 Å². The van der Waals surface area contributed by atoms with Crippen LogP contribution in [0.25, 0.3) is 0 Å². The summed E-state index contributed by atoms with van der Waals surface area (Å²) in [5.41, 5.74) is 0. The molecule has 0 aromatic heterocycles. The molecule has 0 nitrogen and oxygen atoms in total. The van der Waals surface area contributed by atoms with Gasteiger partial charge in [0.15, 0.2) is 0 Å². The molecule has 0 aromatic rings. The van der Waals surface area contributed by atoms with Crippen LogP contribution in [0.1, 0.15) is 315 Å². The van der Waals surface area contributed by atoms with Gasteiger partial charge in [-0.1, -0.05) is 315 Å². The SMILES string of the molecule is C1CC1.C1CC1.C1CC1.C1CCC1.C1CCC1.C1CCC1.C1CCC1.C1CCC1.C1CCC1.C1CCC1.C1CCC1.C1CCC1.C1CCC1. The summed E-state index contributed by atoms with van der Waals surface area (Å²) >= 11 is 0. The Morgan fingerprint density at radius 2 is 0.0612 bits per heavy atom. The molecule has 13 aliphatic carbocycles. The Labute approximate surface area is 313 Å². The minimum atomic E-state index is 1.50. The second-order valence-electron chi connectivity index (χ2n) is 17.3. The van der Waals surface area contributed by atoms with Crippen molar-refractivity contribution in [3.63, 3.8) is 0 Å². The minimum absolute atomic E-state index is 1.50. The second kappa shape index (κ2) is 44.2. The second-order valence-corrected chi connectivity index (χ2v) is 17.3. The molecule has 0 aromatic carbocycles. The van der Waals surface area contributed by atoms with Gasteiger partial charge in [0.05, 0.1) is 0 Å². The van der Waals surface area contributed by atoms with Crippen molar-refractivity contribution >= 4 is 0 Å². The summed E-state index contributed by atoms with van der Waals surface area (Å²) in [6.07, 6.45) is 73.5. The first-order chi connectivity index (χ1) is 24.5. The Hall–Kier alpha value is 0. The largest absolute Gasteiger partial charge is 0.0533 e. The molecule has 0 unspecified atom stereocenters. The Balaban J connectivity index is 0.000000266. The molecular weight excluding hydrogens is 589 g/mol. The molecule has 0 amide bonds. The Morgan fingerprint density at radius 3 is 0.0612 bits per heavy atom. The molecule has 13 aliphatic rings. The highest BCUT2D eigenvalue weighted by Gasteiger charge is 1.99. The van der Waals surface area contributed by atoms with Gasteiger partial charge in [-0.3, -0.25) is 0 Å². The molecule has 13 rings (SSSR count). The molecule has 0 heterocycles. The van der Waals surface area contributed by atoms with Crippen molar-refractivity contribution in [2.75, 3.05) is 0 Å². The van der Waals surface area contributed by atoms with Crippen molar-refractivity contribution in [2.24, 2.45) is 0 Å². The molecule has 13 fully saturated rings. The lowest BCUT2D eigenvalue weighted by molar-refractivity contribution is 0.504. The fourth-order valence-electron chi connectivity index (χ4n) is 2.50. The number of hydrogen-bond donors (Lipinski definition) is 0. The van der Waals surface area contributed by atoms with E-state index in [2.05, 4.69) is 0 Å². The van der Waals surface area contributed by atoms with Crippen molar-refractivity contribution in [2.45, 2.75) is 315 Å². The van der Waals surface area contributed by atoms with Crippen molar-refractivity contribution in [3.05, 3.63) is 0 Å². The van der Waals surface area contributed by atoms with Gasteiger partial charge in [0.2, 0.25) is 0 Å². The van der Waals surface area contributed by atoms with E-state index in [4.69, 9.17) is 0 Å². The molecule has 0 heteroatoms. The summed E-state index contributed by atoms with van der Waals surface area (Å²) in [5, 5.41) is 0. The quantitative estimate of drug-likeness (QED) is 0.238. The van der Waals surface area contributed by atoms with E-state index in [-0.39, 0.29) is 0 Å². The molecule has 0 bridgehead atoms. The summed E-state index contributed by atoms with van der Waals surface area (Å²) in [4.78, 5) is 0. The lowest BCUT2D eigenvalue weighted by atomic mass is 10.0. The number of rotatable bonds is 0. The zero-order valence-corrected chi connectivity index (χ0v) is 34.6. The topological polar surface area (TPSA) is 0 Å². The standard InChI is InChI=1S/10C4H8.3C3H6/c10*1-2-4-3-1;3*1-2-3-1/h10*1-4H2;3*1-3H2. The maximum absolute atomic E-state index is 1.50. The number of hydrogen-bond acceptors (Lipinski definition) is 0. The van der Waals surface area contributed by atoms with E-state index in [0.29, 0.717) is 0 Å². The third kappa shape index (κ3) is 54.9. The van der Waals surface area contributed by atoms with Crippen molar-refractivity contribution in [3.8, 4) is 0 Å². The van der Waals surface area contributed by atoms with Crippen LogP contribution in [-0.2, 0) is 0 Å². The summed E-state index contributed by atoms with van der Waals surface area (Å²) in [6, 6.07) is 0. The monoisotopic (exact) mass is 687 g/mol. The van der Waals surface area contributed by atoms with Gasteiger partial charge in [0, 0.05) is 0 Å². The van der Waals surface area contributed by atoms with Crippen LogP contribution in [0.15, 0.2) is 0 Å². The van der Waals surface area contributed by atoms with Crippen LogP contribution in [0.3, 0.4) is 0 Å². The maximum atomic E-state index is 1.50. The van der Waals surface area contributed by atoms with Crippen molar-refractivity contribution in [1.29, 1.82) is 0 Å². The molecule has 49 heavy (non-hydrogen) atoms. The molecule has 0 saturated heterocycles. The summed E-state index contributed by atoms with van der Waals surface area (Å²) in [7, 11) is 0. The van der Waals surface area contributed by atoms with Gasteiger partial charge < -0.3 is 0 Å². The summed E-state index contributed by atoms with van der Waals surface area (Å²) in [5.74, 6) is 0. The van der Waals surface area contributed by atoms with E-state index in [1.54, 1.807) is 0 Å². The van der Waals surface area contributed by atoms with Crippen molar-refractivity contribution < 1.29 is 0 Å². The van der Waals surface area contributed by atoms with Gasteiger partial charge in [-0.25, -0.2) is 0 Å². The van der Waals surface area contributed by atoms with Gasteiger partial charge >= 0.3 is 0 Å². The van der Waals surface area contributed by atoms with Gasteiger partial charge in [-0.05, 0) is 0 Å². The Morgan fingerprint density at radius 1 is 0.0408 bits per heavy atom. The highest BCUT2D eigenvalue weighted by molar-refractivity contribution is 4.55. The molecular formula is C49H98. The molecule has 0 aliphatic heterocycles. The van der Waals surface area contributed by atoms with E-state index < -0.39 is 0 Å². The van der Waals surface area contributed by atoms with Crippen LogP contribution in [0.5, 0.6) is 0 Å². The average molecular weight is 687 g/mol. The van der Waals surface area contributed by atoms with Gasteiger partial charge in [-0.2, -0.15) is 0 Å². The summed E-state index contributed by atoms with van der Waals surface area (Å²) in [6.45, 7) is 0. The van der Waals surface area contributed by atoms with Gasteiger partial charge in [-0.15, -0.1) is 0 Å². The molecule has 0 N–H and O–H groups in total. The first-order valence-electron chi connectivity index (χ1n) is 24.5. The van der Waals surface area contributed by atoms with Crippen LogP contribution in [-0.4, -0.2) is 0 Å². The van der Waals surface area contributed by atoms with E-state index in [1.807, 2.05) is 0 Å². The predicted molar refractivity (Wildman–Crippen MR) is 226 cm³/mol. The average Bonchev–Trinajstić information content (AvgIpc) is 3.59. The molecule has 0 atom stereocenters. The van der Waals surface area contributed by atoms with Crippen LogP contribution in [0, 0.1) is 0 Å². The fourth-order valence-corrected chi connectivity index (χ4v) is 2.50. The summed E-state index contributed by atoms with van der Waals surface area (Å²) < 4.78 is 0. The molecule has 294 valence electrons. The highest BCUT2D eigenvalue weighted by Crippen LogP contribution is 2.19. The zero-order valence-electron chi connectivity index (χ0n) is 34.6. The van der Waals surface area contributed by atoms with Crippen molar-refractivity contribution in [1.82, 2.24) is 0 Å². The predicted octanol–water partition coefficient (Wildman–Crippen LogP) is 19.1. The lowest BCUT2D eigenvalue weighted by Crippen LogP contribution is -1.85. The normalized spacial score (nSPS) is 24.0. The molecule has 0 radical (unpaired) electrons. The van der Waals surface area contributed by atoms with E-state index in [0.717, 1.165) is 0 Å². The van der Waals surface area contributed by atoms with Gasteiger partial charge in [0.25, 0.3) is 0 Å². The van der Waals surface area contributed by atoms with Gasteiger partial charge in [0.1, 0.15) is 0 Å². The Kier molecular flexibility index (Phi) is 42.4. The van der Waals surface area contributed by atoms with Crippen LogP contribution in [0.2, 0.25) is 0 Å². The van der Waals surface area contributed by atoms with Crippen LogP contribution < -0.4 is 0 Å². The first-order valence-corrected chi connectivity index (χ1v) is 24.5. The fraction of sp³-hybridized carbons (Fsp3) is 1.00. The van der Waals surface area contributed by atoms with Crippen LogP contribution in [0.4, 0.5) is 0 Å². The Bertz CT molecular complexity index is 309. The first kappa shape index (κ1) is 47.0. The third-order valence-corrected chi connectivity index (χ3v) is 11.1. The maximum Gasteiger partial charge on any atom is -0.0533 e. The van der Waals surface area contributed by atoms with E-state index >= 15 is 0 Å². The molecule has 0 spiro atoms. The zero-order chi connectivity index (χ0) is 34.6. The lowest BCUT2D eigenvalue weighted by Gasteiger charge is -2.05. The minimum Gasteiger partial charge on any atom is -0.0533 e. The highest BCUT2D eigenvalue weighted by atomic mass is 14.1. The third-order valence-electron chi connectivity index (χ3n) is 11.1. The van der Waals surface area contributed by atoms with Crippen LogP contribution >= 0.6 is 0 Å². The van der Waals surface area contributed by atoms with E-state index in [1.165, 1.54) is 315 Å². The molecule has 13 saturated carbocycles.